The van der Waals surface area contributed by atoms with Gasteiger partial charge >= 0.3 is 0 Å². The molecule has 2 nitrogen and oxygen atoms in total. The van der Waals surface area contributed by atoms with Crippen LogP contribution in [0.1, 0.15) is 32.6 Å². The Bertz CT molecular complexity index is 287. The van der Waals surface area contributed by atoms with E-state index in [-0.39, 0.29) is 0 Å². The first-order valence-corrected chi connectivity index (χ1v) is 6.78. The molecule has 0 bridgehead atoms. The second kappa shape index (κ2) is 9.32. The van der Waals surface area contributed by atoms with Crippen molar-refractivity contribution in [1.29, 1.82) is 0 Å². The molecule has 0 amide bonds. The van der Waals surface area contributed by atoms with E-state index >= 15 is 0 Å². The third-order valence-electron chi connectivity index (χ3n) is 2.56. The maximum atomic E-state index is 5.80. The highest BCUT2D eigenvalue weighted by Crippen LogP contribution is 2.12. The zero-order valence-electron chi connectivity index (χ0n) is 10.5. The third-order valence-corrected chi connectivity index (χ3v) is 2.81. The summed E-state index contributed by atoms with van der Waals surface area (Å²) in [5.74, 6) is 0. The van der Waals surface area contributed by atoms with Gasteiger partial charge in [0, 0.05) is 23.9 Å². The van der Waals surface area contributed by atoms with Crippen molar-refractivity contribution >= 4 is 17.3 Å². The van der Waals surface area contributed by atoms with Crippen LogP contribution in [0.2, 0.25) is 5.02 Å². The summed E-state index contributed by atoms with van der Waals surface area (Å²) in [4.78, 5) is 0. The average Bonchev–Trinajstić information content (AvgIpc) is 2.35. The number of unbranched alkanes of at least 4 members (excludes halogenated alkanes) is 3. The fraction of sp³-hybridized carbons (Fsp3) is 0.571. The second-order valence-electron chi connectivity index (χ2n) is 4.11. The van der Waals surface area contributed by atoms with E-state index in [2.05, 4.69) is 12.2 Å². The van der Waals surface area contributed by atoms with Gasteiger partial charge in [0.25, 0.3) is 0 Å². The molecular formula is C14H22ClNO. The van der Waals surface area contributed by atoms with Gasteiger partial charge in [0.15, 0.2) is 0 Å². The zero-order chi connectivity index (χ0) is 12.3. The van der Waals surface area contributed by atoms with Crippen LogP contribution in [0.5, 0.6) is 0 Å². The highest BCUT2D eigenvalue weighted by atomic mass is 35.5. The maximum absolute atomic E-state index is 5.80. The number of anilines is 1. The van der Waals surface area contributed by atoms with Gasteiger partial charge in [-0.15, -0.1) is 0 Å². The normalized spacial score (nSPS) is 10.5. The number of nitrogens with one attached hydrogen (secondary N) is 1. The van der Waals surface area contributed by atoms with Crippen LogP contribution in [0.15, 0.2) is 24.3 Å². The van der Waals surface area contributed by atoms with Crippen LogP contribution in [0.4, 0.5) is 5.69 Å². The molecular weight excluding hydrogens is 234 g/mol. The van der Waals surface area contributed by atoms with E-state index in [1.165, 1.54) is 25.7 Å². The molecule has 1 aromatic carbocycles. The van der Waals surface area contributed by atoms with Crippen LogP contribution in [0.3, 0.4) is 0 Å². The van der Waals surface area contributed by atoms with Crippen molar-refractivity contribution in [2.75, 3.05) is 25.1 Å². The largest absolute Gasteiger partial charge is 0.383 e. The van der Waals surface area contributed by atoms with Crippen LogP contribution in [0, 0.1) is 0 Å². The summed E-state index contributed by atoms with van der Waals surface area (Å²) in [7, 11) is 0. The minimum atomic E-state index is 0.759. The number of rotatable bonds is 9. The van der Waals surface area contributed by atoms with Gasteiger partial charge in [-0.3, -0.25) is 0 Å². The Hall–Kier alpha value is -0.730. The number of halogens is 1. The molecule has 0 aromatic heterocycles. The van der Waals surface area contributed by atoms with Crippen molar-refractivity contribution in [3.05, 3.63) is 29.3 Å². The molecule has 0 unspecified atom stereocenters. The lowest BCUT2D eigenvalue weighted by molar-refractivity contribution is 0.139. The summed E-state index contributed by atoms with van der Waals surface area (Å²) in [6, 6.07) is 7.72. The minimum Gasteiger partial charge on any atom is -0.383 e. The van der Waals surface area contributed by atoms with E-state index in [1.807, 2.05) is 24.3 Å². The quantitative estimate of drug-likeness (QED) is 0.663. The Labute approximate surface area is 109 Å². The number of benzene rings is 1. The smallest absolute Gasteiger partial charge is 0.0639 e. The minimum absolute atomic E-state index is 0.759. The zero-order valence-corrected chi connectivity index (χ0v) is 11.3. The number of ether oxygens (including phenoxy) is 1. The van der Waals surface area contributed by atoms with E-state index in [0.29, 0.717) is 0 Å². The van der Waals surface area contributed by atoms with Crippen molar-refractivity contribution in [2.24, 2.45) is 0 Å². The topological polar surface area (TPSA) is 21.3 Å². The first kappa shape index (κ1) is 14.3. The standard InChI is InChI=1S/C14H22ClNO/c1-2-3-4-5-11-17-12-10-16-14-8-6-13(15)7-9-14/h6-9,16H,2-5,10-12H2,1H3. The molecule has 0 aliphatic carbocycles. The van der Waals surface area contributed by atoms with E-state index in [1.54, 1.807) is 0 Å². The molecule has 1 rings (SSSR count). The summed E-state index contributed by atoms with van der Waals surface area (Å²) < 4.78 is 5.54. The summed E-state index contributed by atoms with van der Waals surface area (Å²) in [6.07, 6.45) is 5.04. The van der Waals surface area contributed by atoms with Crippen molar-refractivity contribution in [1.82, 2.24) is 0 Å². The first-order valence-electron chi connectivity index (χ1n) is 6.40. The Balaban J connectivity index is 1.95. The van der Waals surface area contributed by atoms with Gasteiger partial charge in [-0.05, 0) is 30.7 Å². The lowest BCUT2D eigenvalue weighted by Gasteiger charge is -2.07. The summed E-state index contributed by atoms with van der Waals surface area (Å²) >= 11 is 5.80. The van der Waals surface area contributed by atoms with Gasteiger partial charge in [0.05, 0.1) is 6.61 Å². The van der Waals surface area contributed by atoms with Crippen LogP contribution in [0.25, 0.3) is 0 Å². The molecule has 0 fully saturated rings. The SMILES string of the molecule is CCCCCCOCCNc1ccc(Cl)cc1. The van der Waals surface area contributed by atoms with Crippen molar-refractivity contribution in [3.8, 4) is 0 Å². The van der Waals surface area contributed by atoms with Crippen LogP contribution < -0.4 is 5.32 Å². The second-order valence-corrected chi connectivity index (χ2v) is 4.54. The highest BCUT2D eigenvalue weighted by Gasteiger charge is 1.92. The molecule has 1 aromatic rings. The monoisotopic (exact) mass is 255 g/mol. The van der Waals surface area contributed by atoms with Crippen LogP contribution in [-0.4, -0.2) is 19.8 Å². The third kappa shape index (κ3) is 7.24. The molecule has 0 aliphatic heterocycles. The number of hydrogen-bond donors (Lipinski definition) is 1. The lowest BCUT2D eigenvalue weighted by atomic mass is 10.2. The van der Waals surface area contributed by atoms with Crippen molar-refractivity contribution < 1.29 is 4.74 Å². The van der Waals surface area contributed by atoms with E-state index in [9.17, 15) is 0 Å². The highest BCUT2D eigenvalue weighted by molar-refractivity contribution is 6.30. The molecule has 3 heteroatoms. The fourth-order valence-electron chi connectivity index (χ4n) is 1.57. The van der Waals surface area contributed by atoms with Gasteiger partial charge in [0.2, 0.25) is 0 Å². The van der Waals surface area contributed by atoms with Crippen molar-refractivity contribution in [3.63, 3.8) is 0 Å². The fourth-order valence-corrected chi connectivity index (χ4v) is 1.69. The number of hydrogen-bond acceptors (Lipinski definition) is 2. The average molecular weight is 256 g/mol. The van der Waals surface area contributed by atoms with Gasteiger partial charge < -0.3 is 10.1 Å². The van der Waals surface area contributed by atoms with E-state index < -0.39 is 0 Å². The molecule has 96 valence electrons. The predicted octanol–water partition coefficient (Wildman–Crippen LogP) is 4.35. The first-order chi connectivity index (χ1) is 8.33. The maximum Gasteiger partial charge on any atom is 0.0639 e. The molecule has 0 aliphatic rings. The molecule has 0 saturated heterocycles. The van der Waals surface area contributed by atoms with E-state index in [0.717, 1.165) is 30.5 Å². The van der Waals surface area contributed by atoms with Crippen LogP contribution >= 0.6 is 11.6 Å². The molecule has 0 radical (unpaired) electrons. The van der Waals surface area contributed by atoms with Gasteiger partial charge in [-0.25, -0.2) is 0 Å². The molecule has 0 saturated carbocycles. The Morgan fingerprint density at radius 2 is 1.82 bits per heavy atom. The summed E-state index contributed by atoms with van der Waals surface area (Å²) in [6.45, 7) is 4.70. The summed E-state index contributed by atoms with van der Waals surface area (Å²) in [5, 5.41) is 4.06. The Kier molecular flexibility index (Phi) is 7.85. The molecule has 17 heavy (non-hydrogen) atoms. The van der Waals surface area contributed by atoms with Crippen LogP contribution in [-0.2, 0) is 4.74 Å². The van der Waals surface area contributed by atoms with Gasteiger partial charge in [-0.1, -0.05) is 37.8 Å². The molecule has 0 spiro atoms. The molecule has 0 heterocycles. The van der Waals surface area contributed by atoms with Gasteiger partial charge in [-0.2, -0.15) is 0 Å². The molecule has 1 N–H and O–H groups in total. The predicted molar refractivity (Wildman–Crippen MR) is 74.9 cm³/mol. The lowest BCUT2D eigenvalue weighted by Crippen LogP contribution is -2.09. The Morgan fingerprint density at radius 1 is 1.06 bits per heavy atom. The van der Waals surface area contributed by atoms with Crippen molar-refractivity contribution in [2.45, 2.75) is 32.6 Å². The molecule has 0 atom stereocenters. The van der Waals surface area contributed by atoms with Gasteiger partial charge in [0.1, 0.15) is 0 Å². The Morgan fingerprint density at radius 3 is 2.53 bits per heavy atom. The van der Waals surface area contributed by atoms with E-state index in [4.69, 9.17) is 16.3 Å². The summed E-state index contributed by atoms with van der Waals surface area (Å²) in [5.41, 5.74) is 1.09.